The molecule has 0 rings (SSSR count). The van der Waals surface area contributed by atoms with Crippen molar-refractivity contribution in [2.45, 2.75) is 112 Å². The Morgan fingerprint density at radius 3 is 2.13 bits per heavy atom. The maximum absolute atomic E-state index is 2.47. The predicted octanol–water partition coefficient (Wildman–Crippen LogP) is 8.48. The summed E-state index contributed by atoms with van der Waals surface area (Å²) in [5.74, 6) is 1.89. The van der Waals surface area contributed by atoms with Crippen molar-refractivity contribution in [2.75, 3.05) is 0 Å². The number of hydrogen-bond acceptors (Lipinski definition) is 0. The summed E-state index contributed by atoms with van der Waals surface area (Å²) >= 11 is 0. The van der Waals surface area contributed by atoms with Crippen molar-refractivity contribution >= 4 is 0 Å². The summed E-state index contributed by atoms with van der Waals surface area (Å²) in [4.78, 5) is 0. The summed E-state index contributed by atoms with van der Waals surface area (Å²) in [6, 6.07) is 0. The molecule has 0 amide bonds. The van der Waals surface area contributed by atoms with E-state index in [2.05, 4.69) is 53.7 Å². The minimum atomic E-state index is 0.925. The van der Waals surface area contributed by atoms with Gasteiger partial charge in [0, 0.05) is 0 Å². The molecule has 136 valence electrons. The molecule has 0 saturated heterocycles. The highest BCUT2D eigenvalue weighted by molar-refractivity contribution is 5.22. The summed E-state index contributed by atoms with van der Waals surface area (Å²) in [5, 5.41) is 0. The zero-order chi connectivity index (χ0) is 17.5. The van der Waals surface area contributed by atoms with E-state index in [1.165, 1.54) is 76.2 Å². The van der Waals surface area contributed by atoms with Gasteiger partial charge in [0.2, 0.25) is 0 Å². The van der Waals surface area contributed by atoms with Crippen LogP contribution in [0.2, 0.25) is 0 Å². The van der Waals surface area contributed by atoms with Crippen molar-refractivity contribution < 1.29 is 0 Å². The first-order chi connectivity index (χ1) is 11.1. The van der Waals surface area contributed by atoms with E-state index in [1.807, 2.05) is 0 Å². The van der Waals surface area contributed by atoms with Crippen LogP contribution in [0.25, 0.3) is 0 Å². The molecule has 0 aliphatic carbocycles. The van der Waals surface area contributed by atoms with Crippen LogP contribution in [0.15, 0.2) is 23.3 Å². The minimum Gasteiger partial charge on any atom is -0.0843 e. The molecule has 0 aromatic heterocycles. The average molecular weight is 321 g/mol. The Kier molecular flexibility index (Phi) is 14.7. The van der Waals surface area contributed by atoms with Crippen molar-refractivity contribution in [2.24, 2.45) is 11.8 Å². The first kappa shape index (κ1) is 22.5. The molecule has 0 bridgehead atoms. The molecule has 0 N–H and O–H groups in total. The van der Waals surface area contributed by atoms with Crippen molar-refractivity contribution in [3.05, 3.63) is 23.3 Å². The first-order valence-electron chi connectivity index (χ1n) is 10.4. The molecule has 0 heteroatoms. The van der Waals surface area contributed by atoms with Gasteiger partial charge in [-0.3, -0.25) is 0 Å². The molecule has 0 aromatic rings. The van der Waals surface area contributed by atoms with E-state index in [0.29, 0.717) is 0 Å². The van der Waals surface area contributed by atoms with Crippen LogP contribution in [0.5, 0.6) is 0 Å². The van der Waals surface area contributed by atoms with E-state index in [9.17, 15) is 0 Å². The third-order valence-corrected chi connectivity index (χ3v) is 5.32. The number of unbranched alkanes of at least 4 members (excludes halogenated alkanes) is 3. The van der Waals surface area contributed by atoms with E-state index < -0.39 is 0 Å². The Balaban J connectivity index is 3.91. The highest BCUT2D eigenvalue weighted by Crippen LogP contribution is 2.27. The lowest BCUT2D eigenvalue weighted by Gasteiger charge is -2.23. The number of hydrogen-bond donors (Lipinski definition) is 0. The van der Waals surface area contributed by atoms with Crippen molar-refractivity contribution in [1.29, 1.82) is 0 Å². The smallest absolute Gasteiger partial charge is 0.0320 e. The SMILES string of the molecule is CCCC(C)=C(C)C=CCCCCCC(CCC)C(C)CCC. The second kappa shape index (κ2) is 15.0. The van der Waals surface area contributed by atoms with Crippen LogP contribution < -0.4 is 0 Å². The third kappa shape index (κ3) is 11.6. The van der Waals surface area contributed by atoms with Crippen molar-refractivity contribution in [3.8, 4) is 0 Å². The molecule has 0 aromatic carbocycles. The van der Waals surface area contributed by atoms with Gasteiger partial charge in [0.15, 0.2) is 0 Å². The largest absolute Gasteiger partial charge is 0.0843 e. The summed E-state index contributed by atoms with van der Waals surface area (Å²) in [7, 11) is 0. The molecule has 0 nitrogen and oxygen atoms in total. The highest BCUT2D eigenvalue weighted by atomic mass is 14.2. The lowest BCUT2D eigenvalue weighted by molar-refractivity contribution is 0.286. The second-order valence-electron chi connectivity index (χ2n) is 7.57. The summed E-state index contributed by atoms with van der Waals surface area (Å²) in [6.07, 6.45) is 19.7. The van der Waals surface area contributed by atoms with Gasteiger partial charge in [-0.2, -0.15) is 0 Å². The molecule has 2 atom stereocenters. The van der Waals surface area contributed by atoms with E-state index in [4.69, 9.17) is 0 Å². The van der Waals surface area contributed by atoms with Gasteiger partial charge in [-0.15, -0.1) is 0 Å². The van der Waals surface area contributed by atoms with Crippen LogP contribution >= 0.6 is 0 Å². The molecular formula is C23H44. The van der Waals surface area contributed by atoms with Crippen LogP contribution in [-0.2, 0) is 0 Å². The maximum Gasteiger partial charge on any atom is -0.0320 e. The van der Waals surface area contributed by atoms with Gasteiger partial charge in [-0.1, -0.05) is 102 Å². The fourth-order valence-corrected chi connectivity index (χ4v) is 3.60. The Morgan fingerprint density at radius 2 is 1.52 bits per heavy atom. The summed E-state index contributed by atoms with van der Waals surface area (Å²) < 4.78 is 0. The molecule has 0 aliphatic heterocycles. The number of allylic oxidation sites excluding steroid dienone is 4. The molecule has 23 heavy (non-hydrogen) atoms. The fourth-order valence-electron chi connectivity index (χ4n) is 3.60. The topological polar surface area (TPSA) is 0 Å². The van der Waals surface area contributed by atoms with Crippen LogP contribution in [0.1, 0.15) is 112 Å². The molecule has 0 aliphatic rings. The van der Waals surface area contributed by atoms with Gasteiger partial charge in [-0.05, 0) is 44.9 Å². The highest BCUT2D eigenvalue weighted by Gasteiger charge is 2.14. The van der Waals surface area contributed by atoms with E-state index >= 15 is 0 Å². The Bertz CT molecular complexity index is 321. The van der Waals surface area contributed by atoms with E-state index in [0.717, 1.165) is 11.8 Å². The lowest BCUT2D eigenvalue weighted by atomic mass is 9.83. The van der Waals surface area contributed by atoms with Gasteiger partial charge < -0.3 is 0 Å². The number of rotatable bonds is 14. The zero-order valence-corrected chi connectivity index (χ0v) is 17.1. The first-order valence-corrected chi connectivity index (χ1v) is 10.4. The third-order valence-electron chi connectivity index (χ3n) is 5.32. The summed E-state index contributed by atoms with van der Waals surface area (Å²) in [6.45, 7) is 13.9. The lowest BCUT2D eigenvalue weighted by Crippen LogP contribution is -2.11. The molecular weight excluding hydrogens is 276 g/mol. The second-order valence-corrected chi connectivity index (χ2v) is 7.57. The quantitative estimate of drug-likeness (QED) is 0.222. The van der Waals surface area contributed by atoms with Gasteiger partial charge in [0.1, 0.15) is 0 Å². The zero-order valence-electron chi connectivity index (χ0n) is 17.1. The summed E-state index contributed by atoms with van der Waals surface area (Å²) in [5.41, 5.74) is 3.03. The van der Waals surface area contributed by atoms with Crippen LogP contribution in [0.3, 0.4) is 0 Å². The predicted molar refractivity (Wildman–Crippen MR) is 108 cm³/mol. The monoisotopic (exact) mass is 320 g/mol. The maximum atomic E-state index is 2.47. The molecule has 0 heterocycles. The Morgan fingerprint density at radius 1 is 0.826 bits per heavy atom. The molecule has 0 radical (unpaired) electrons. The normalized spacial score (nSPS) is 15.7. The van der Waals surface area contributed by atoms with Crippen LogP contribution in [0.4, 0.5) is 0 Å². The van der Waals surface area contributed by atoms with E-state index in [-0.39, 0.29) is 0 Å². The van der Waals surface area contributed by atoms with Gasteiger partial charge in [-0.25, -0.2) is 0 Å². The standard InChI is InChI=1S/C23H44/c1-7-15-20(4)21(5)18-13-11-10-12-14-19-23(17-9-3)22(6)16-8-2/h13,18,22-23H,7-12,14-17,19H2,1-6H3. The minimum absolute atomic E-state index is 0.925. The molecule has 0 spiro atoms. The average Bonchev–Trinajstić information content (AvgIpc) is 2.53. The molecule has 0 saturated carbocycles. The Labute approximate surface area is 147 Å². The van der Waals surface area contributed by atoms with Gasteiger partial charge in [0.25, 0.3) is 0 Å². The molecule has 2 unspecified atom stereocenters. The van der Waals surface area contributed by atoms with Gasteiger partial charge in [0.05, 0.1) is 0 Å². The fraction of sp³-hybridized carbons (Fsp3) is 0.826. The van der Waals surface area contributed by atoms with Crippen molar-refractivity contribution in [3.63, 3.8) is 0 Å². The van der Waals surface area contributed by atoms with Gasteiger partial charge >= 0.3 is 0 Å². The van der Waals surface area contributed by atoms with Crippen LogP contribution in [-0.4, -0.2) is 0 Å². The molecule has 0 fully saturated rings. The van der Waals surface area contributed by atoms with Crippen LogP contribution in [0, 0.1) is 11.8 Å². The van der Waals surface area contributed by atoms with Crippen molar-refractivity contribution in [1.82, 2.24) is 0 Å². The van der Waals surface area contributed by atoms with E-state index in [1.54, 1.807) is 5.57 Å². The Hall–Kier alpha value is -0.520.